The van der Waals surface area contributed by atoms with Gasteiger partial charge in [-0.05, 0) is 70.4 Å². The fourth-order valence-electron chi connectivity index (χ4n) is 6.71. The van der Waals surface area contributed by atoms with Crippen molar-refractivity contribution in [1.29, 1.82) is 0 Å². The molecule has 0 unspecified atom stereocenters. The number of ether oxygens (including phenoxy) is 5. The highest BCUT2D eigenvalue weighted by atomic mass is 19.4. The van der Waals surface area contributed by atoms with Crippen LogP contribution in [0.15, 0.2) is 12.1 Å². The van der Waals surface area contributed by atoms with E-state index >= 15 is 0 Å². The number of likely N-dealkylation sites (tertiary alicyclic amines) is 1. The van der Waals surface area contributed by atoms with Gasteiger partial charge in [0.25, 0.3) is 0 Å². The van der Waals surface area contributed by atoms with E-state index in [2.05, 4.69) is 20.3 Å². The van der Waals surface area contributed by atoms with Gasteiger partial charge < -0.3 is 39.2 Å². The van der Waals surface area contributed by atoms with Crippen molar-refractivity contribution in [3.05, 3.63) is 23.3 Å². The molecule has 3 aliphatic rings. The van der Waals surface area contributed by atoms with Crippen LogP contribution < -0.4 is 20.1 Å². The first kappa shape index (κ1) is 37.4. The third-order valence-corrected chi connectivity index (χ3v) is 9.35. The van der Waals surface area contributed by atoms with Crippen molar-refractivity contribution in [2.24, 2.45) is 0 Å². The number of carbonyl (C=O) groups excluding carboxylic acids is 3. The van der Waals surface area contributed by atoms with Gasteiger partial charge in [0.1, 0.15) is 29.3 Å². The Bertz CT molecular complexity index is 1200. The topological polar surface area (TPSA) is 125 Å². The summed E-state index contributed by atoms with van der Waals surface area (Å²) in [6.07, 6.45) is 5.88. The number of unbranched alkanes of at least 4 members (excludes halogenated alkanes) is 6. The zero-order chi connectivity index (χ0) is 34.5. The van der Waals surface area contributed by atoms with Crippen molar-refractivity contribution in [2.75, 3.05) is 40.5 Å². The Morgan fingerprint density at radius 2 is 1.48 bits per heavy atom. The van der Waals surface area contributed by atoms with E-state index in [0.717, 1.165) is 70.1 Å². The summed E-state index contributed by atoms with van der Waals surface area (Å²) < 4.78 is 62.7. The number of nitrogens with zero attached hydrogens (tertiary/aromatic N) is 1. The zero-order valence-corrected chi connectivity index (χ0v) is 28.0. The molecular weight excluding hydrogens is 635 g/mol. The number of fused-ring (bicyclic) bond motifs is 1. The molecule has 1 atom stereocenters. The molecule has 2 N–H and O–H groups in total. The van der Waals surface area contributed by atoms with E-state index in [1.165, 1.54) is 26.4 Å². The summed E-state index contributed by atoms with van der Waals surface area (Å²) in [4.78, 5) is 38.8. The SMILES string of the molecule is COc1cc(OC)c2c(c1)[C@@H](CCCCCCCCCN1CCC(NC(=O)OC3CCC(NC(=O)OCC(F)(F)F)CC3)CC1)OC2=O. The minimum absolute atomic E-state index is 0.0699. The summed E-state index contributed by atoms with van der Waals surface area (Å²) in [5.74, 6) is 0.810. The number of hydrogen-bond acceptors (Lipinski definition) is 9. The molecule has 1 saturated carbocycles. The van der Waals surface area contributed by atoms with Crippen molar-refractivity contribution in [2.45, 2.75) is 120 Å². The van der Waals surface area contributed by atoms with Gasteiger partial charge in [-0.2, -0.15) is 13.2 Å². The number of rotatable bonds is 16. The number of carbonyl (C=O) groups is 3. The van der Waals surface area contributed by atoms with Gasteiger partial charge in [-0.3, -0.25) is 0 Å². The Hall–Kier alpha value is -3.42. The molecule has 1 aliphatic carbocycles. The normalized spacial score (nSPS) is 21.6. The third kappa shape index (κ3) is 11.9. The van der Waals surface area contributed by atoms with Crippen molar-refractivity contribution < 1.29 is 51.2 Å². The Labute approximate surface area is 280 Å². The number of amides is 2. The van der Waals surface area contributed by atoms with Crippen LogP contribution in [0.2, 0.25) is 0 Å². The van der Waals surface area contributed by atoms with Crippen LogP contribution in [0.25, 0.3) is 0 Å². The van der Waals surface area contributed by atoms with Gasteiger partial charge in [-0.1, -0.05) is 32.1 Å². The monoisotopic (exact) mass is 685 g/mol. The first-order valence-corrected chi connectivity index (χ1v) is 17.2. The molecule has 48 heavy (non-hydrogen) atoms. The highest BCUT2D eigenvalue weighted by Crippen LogP contribution is 2.41. The van der Waals surface area contributed by atoms with Crippen LogP contribution >= 0.6 is 0 Å². The Balaban J connectivity index is 0.981. The van der Waals surface area contributed by atoms with Crippen LogP contribution in [0.3, 0.4) is 0 Å². The molecule has 14 heteroatoms. The van der Waals surface area contributed by atoms with E-state index in [4.69, 9.17) is 18.9 Å². The van der Waals surface area contributed by atoms with E-state index in [-0.39, 0.29) is 30.3 Å². The lowest BCUT2D eigenvalue weighted by atomic mass is 9.93. The lowest BCUT2D eigenvalue weighted by molar-refractivity contribution is -0.160. The molecule has 2 fully saturated rings. The second-order valence-corrected chi connectivity index (χ2v) is 12.9. The van der Waals surface area contributed by atoms with E-state index in [9.17, 15) is 27.6 Å². The van der Waals surface area contributed by atoms with Gasteiger partial charge >= 0.3 is 24.3 Å². The first-order chi connectivity index (χ1) is 23.0. The number of benzene rings is 1. The van der Waals surface area contributed by atoms with Crippen molar-refractivity contribution in [3.8, 4) is 11.5 Å². The maximum Gasteiger partial charge on any atom is 0.422 e. The molecule has 4 rings (SSSR count). The molecule has 0 bridgehead atoms. The minimum atomic E-state index is -4.56. The highest BCUT2D eigenvalue weighted by molar-refractivity contribution is 5.97. The average molecular weight is 686 g/mol. The van der Waals surface area contributed by atoms with Crippen LogP contribution in [0.1, 0.15) is 112 Å². The number of hydrogen-bond donors (Lipinski definition) is 2. The van der Waals surface area contributed by atoms with Crippen LogP contribution in [-0.2, 0) is 14.2 Å². The van der Waals surface area contributed by atoms with Crippen molar-refractivity contribution in [1.82, 2.24) is 15.5 Å². The summed E-state index contributed by atoms with van der Waals surface area (Å²) in [5.41, 5.74) is 1.36. The molecule has 1 aromatic carbocycles. The summed E-state index contributed by atoms with van der Waals surface area (Å²) >= 11 is 0. The van der Waals surface area contributed by atoms with Gasteiger partial charge in [0.05, 0.1) is 14.2 Å². The molecule has 270 valence electrons. The second kappa shape index (κ2) is 18.4. The second-order valence-electron chi connectivity index (χ2n) is 12.9. The smallest absolute Gasteiger partial charge is 0.422 e. The number of halogens is 3. The molecule has 0 spiro atoms. The predicted molar refractivity (Wildman–Crippen MR) is 170 cm³/mol. The fourth-order valence-corrected chi connectivity index (χ4v) is 6.71. The quantitative estimate of drug-likeness (QED) is 0.110. The summed E-state index contributed by atoms with van der Waals surface area (Å²) in [6.45, 7) is 1.29. The maximum absolute atomic E-state index is 12.4. The van der Waals surface area contributed by atoms with Gasteiger partial charge in [-0.15, -0.1) is 0 Å². The van der Waals surface area contributed by atoms with Crippen molar-refractivity contribution in [3.63, 3.8) is 0 Å². The molecule has 1 aromatic rings. The van der Waals surface area contributed by atoms with E-state index in [0.29, 0.717) is 42.7 Å². The standard InChI is InChI=1S/C34H50F3N3O8/c1-44-26-20-27-28(48-31(41)30(27)29(21-26)45-2)10-8-6-4-3-5-7-9-17-40-18-15-24(16-19-40)39-33(43)47-25-13-11-23(12-14-25)38-32(42)46-22-34(35,36)37/h20-21,23-25,28H,3-19,22H2,1-2H3,(H,38,42)(H,39,43)/t23?,25?,28-/m1/s1. The first-order valence-electron chi connectivity index (χ1n) is 17.2. The molecule has 1 saturated heterocycles. The van der Waals surface area contributed by atoms with E-state index in [1.54, 1.807) is 13.2 Å². The summed E-state index contributed by atoms with van der Waals surface area (Å²) in [7, 11) is 3.13. The summed E-state index contributed by atoms with van der Waals surface area (Å²) in [6, 6.07) is 3.35. The largest absolute Gasteiger partial charge is 0.497 e. The Morgan fingerprint density at radius 1 is 0.854 bits per heavy atom. The average Bonchev–Trinajstić information content (AvgIpc) is 3.38. The maximum atomic E-state index is 12.4. The van der Waals surface area contributed by atoms with Gasteiger partial charge in [0.15, 0.2) is 6.61 Å². The zero-order valence-electron chi connectivity index (χ0n) is 28.0. The fraction of sp³-hybridized carbons (Fsp3) is 0.735. The number of alkyl halides is 3. The van der Waals surface area contributed by atoms with Crippen LogP contribution in [0.4, 0.5) is 22.8 Å². The molecule has 2 aliphatic heterocycles. The van der Waals surface area contributed by atoms with Gasteiger partial charge in [-0.25, -0.2) is 14.4 Å². The lowest BCUT2D eigenvalue weighted by Crippen LogP contribution is -2.46. The number of piperidine rings is 1. The highest BCUT2D eigenvalue weighted by Gasteiger charge is 2.35. The third-order valence-electron chi connectivity index (χ3n) is 9.35. The Kier molecular flexibility index (Phi) is 14.3. The number of cyclic esters (lactones) is 1. The predicted octanol–water partition coefficient (Wildman–Crippen LogP) is 6.83. The number of nitrogens with one attached hydrogen (secondary N) is 2. The number of methoxy groups -OCH3 is 2. The van der Waals surface area contributed by atoms with Crippen LogP contribution in [0, 0.1) is 0 Å². The molecule has 0 aromatic heterocycles. The molecular formula is C34H50F3N3O8. The summed E-state index contributed by atoms with van der Waals surface area (Å²) in [5, 5.41) is 5.42. The molecule has 2 amide bonds. The molecule has 0 radical (unpaired) electrons. The molecule has 11 nitrogen and oxygen atoms in total. The lowest BCUT2D eigenvalue weighted by Gasteiger charge is -2.33. The van der Waals surface area contributed by atoms with Crippen molar-refractivity contribution >= 4 is 18.2 Å². The number of alkyl carbamates (subject to hydrolysis) is 2. The van der Waals surface area contributed by atoms with E-state index < -0.39 is 25.0 Å². The van der Waals surface area contributed by atoms with E-state index in [1.807, 2.05) is 6.07 Å². The minimum Gasteiger partial charge on any atom is -0.497 e. The Morgan fingerprint density at radius 3 is 2.12 bits per heavy atom. The molecule has 2 heterocycles. The van der Waals surface area contributed by atoms with Gasteiger partial charge in [0.2, 0.25) is 0 Å². The van der Waals surface area contributed by atoms with Crippen LogP contribution in [-0.4, -0.2) is 87.9 Å². The van der Waals surface area contributed by atoms with Gasteiger partial charge in [0, 0.05) is 36.8 Å². The van der Waals surface area contributed by atoms with Crippen LogP contribution in [0.5, 0.6) is 11.5 Å². The number of esters is 1.